The van der Waals surface area contributed by atoms with Crippen molar-refractivity contribution in [3.63, 3.8) is 0 Å². The summed E-state index contributed by atoms with van der Waals surface area (Å²) in [5.41, 5.74) is 1.05. The molecule has 0 spiro atoms. The number of halogens is 3. The maximum absolute atomic E-state index is 13.0. The molecule has 1 nitrogen and oxygen atoms in total. The zero-order valence-electron chi connectivity index (χ0n) is 7.59. The molecule has 14 heavy (non-hydrogen) atoms. The predicted molar refractivity (Wildman–Crippen MR) is 61.3 cm³/mol. The molecular weight excluding hydrogens is 268 g/mol. The number of hydrogen-bond donors (Lipinski definition) is 1. The van der Waals surface area contributed by atoms with Gasteiger partial charge in [0, 0.05) is 10.5 Å². The molecule has 0 unspecified atom stereocenters. The van der Waals surface area contributed by atoms with Crippen LogP contribution >= 0.6 is 28.3 Å². The average Bonchev–Trinajstić information content (AvgIpc) is 2.53. The highest BCUT2D eigenvalue weighted by Crippen LogP contribution is 2.26. The predicted octanol–water partition coefficient (Wildman–Crippen LogP) is 3.43. The van der Waals surface area contributed by atoms with E-state index < -0.39 is 0 Å². The van der Waals surface area contributed by atoms with E-state index in [9.17, 15) is 4.39 Å². The minimum absolute atomic E-state index is 0. The molecule has 0 saturated carbocycles. The Labute approximate surface area is 97.6 Å². The largest absolute Gasteiger partial charge is 0.310 e. The molecule has 1 aliphatic rings. The van der Waals surface area contributed by atoms with Crippen LogP contribution in [-0.2, 0) is 0 Å². The monoisotopic (exact) mass is 279 g/mol. The third kappa shape index (κ3) is 2.69. The lowest BCUT2D eigenvalue weighted by molar-refractivity contribution is 0.605. The summed E-state index contributed by atoms with van der Waals surface area (Å²) in [5, 5.41) is 3.34. The normalized spacial score (nSPS) is 20.6. The van der Waals surface area contributed by atoms with E-state index in [1.165, 1.54) is 12.5 Å². The molecule has 1 N–H and O–H groups in total. The minimum atomic E-state index is -0.168. The van der Waals surface area contributed by atoms with Crippen molar-refractivity contribution < 1.29 is 4.39 Å². The highest BCUT2D eigenvalue weighted by Gasteiger charge is 2.16. The summed E-state index contributed by atoms with van der Waals surface area (Å²) in [7, 11) is 0. The quantitative estimate of drug-likeness (QED) is 0.831. The molecule has 0 radical (unpaired) electrons. The van der Waals surface area contributed by atoms with E-state index in [0.717, 1.165) is 23.0 Å². The van der Waals surface area contributed by atoms with Crippen LogP contribution in [0.25, 0.3) is 0 Å². The molecule has 1 saturated heterocycles. The summed E-state index contributed by atoms with van der Waals surface area (Å²) in [4.78, 5) is 0. The molecule has 1 fully saturated rings. The van der Waals surface area contributed by atoms with Gasteiger partial charge in [-0.2, -0.15) is 0 Å². The zero-order valence-corrected chi connectivity index (χ0v) is 10.00. The van der Waals surface area contributed by atoms with Gasteiger partial charge in [-0.3, -0.25) is 0 Å². The highest BCUT2D eigenvalue weighted by molar-refractivity contribution is 9.10. The lowest BCUT2D eigenvalue weighted by atomic mass is 10.1. The Hall–Kier alpha value is -0.120. The molecule has 1 aromatic carbocycles. The van der Waals surface area contributed by atoms with E-state index in [-0.39, 0.29) is 18.2 Å². The van der Waals surface area contributed by atoms with Crippen molar-refractivity contribution in [2.45, 2.75) is 18.9 Å². The molecule has 0 aromatic heterocycles. The van der Waals surface area contributed by atoms with Crippen molar-refractivity contribution in [1.82, 2.24) is 5.32 Å². The molecule has 2 rings (SSSR count). The first kappa shape index (κ1) is 12.0. The van der Waals surface area contributed by atoms with Gasteiger partial charge in [-0.15, -0.1) is 12.4 Å². The van der Waals surface area contributed by atoms with Crippen molar-refractivity contribution in [1.29, 1.82) is 0 Å². The van der Waals surface area contributed by atoms with E-state index in [0.29, 0.717) is 6.04 Å². The number of benzene rings is 1. The summed E-state index contributed by atoms with van der Waals surface area (Å²) < 4.78 is 13.8. The fourth-order valence-corrected chi connectivity index (χ4v) is 2.23. The van der Waals surface area contributed by atoms with Crippen molar-refractivity contribution in [3.05, 3.63) is 34.1 Å². The molecule has 4 heteroatoms. The average molecular weight is 281 g/mol. The Morgan fingerprint density at radius 2 is 2.14 bits per heavy atom. The Morgan fingerprint density at radius 1 is 1.36 bits per heavy atom. The molecule has 78 valence electrons. The Morgan fingerprint density at radius 3 is 2.71 bits per heavy atom. The first-order valence-electron chi connectivity index (χ1n) is 4.45. The highest BCUT2D eigenvalue weighted by atomic mass is 79.9. The molecule has 0 bridgehead atoms. The molecule has 1 aromatic rings. The van der Waals surface area contributed by atoms with Gasteiger partial charge in [0.2, 0.25) is 0 Å². The molecule has 0 amide bonds. The summed E-state index contributed by atoms with van der Waals surface area (Å²) >= 11 is 3.29. The van der Waals surface area contributed by atoms with Gasteiger partial charge in [0.1, 0.15) is 5.82 Å². The Bertz CT molecular complexity index is 293. The van der Waals surface area contributed by atoms with Crippen LogP contribution < -0.4 is 5.32 Å². The SMILES string of the molecule is Cl.Fc1cc(Br)cc([C@@H]2CCCN2)c1. The summed E-state index contributed by atoms with van der Waals surface area (Å²) in [6.45, 7) is 1.04. The van der Waals surface area contributed by atoms with Gasteiger partial charge < -0.3 is 5.32 Å². The lowest BCUT2D eigenvalue weighted by Crippen LogP contribution is -2.12. The Balaban J connectivity index is 0.000000980. The number of rotatable bonds is 1. The van der Waals surface area contributed by atoms with Gasteiger partial charge in [0.25, 0.3) is 0 Å². The standard InChI is InChI=1S/C10H11BrFN.ClH/c11-8-4-7(5-9(12)6-8)10-2-1-3-13-10;/h4-6,10,13H,1-3H2;1H/t10-;/m0./s1. The van der Waals surface area contributed by atoms with Crippen LogP contribution in [0.1, 0.15) is 24.4 Å². The van der Waals surface area contributed by atoms with E-state index >= 15 is 0 Å². The first-order valence-corrected chi connectivity index (χ1v) is 5.24. The van der Waals surface area contributed by atoms with Crippen molar-refractivity contribution in [2.75, 3.05) is 6.54 Å². The fraction of sp³-hybridized carbons (Fsp3) is 0.400. The maximum Gasteiger partial charge on any atom is 0.124 e. The summed E-state index contributed by atoms with van der Waals surface area (Å²) in [6.07, 6.45) is 2.29. The van der Waals surface area contributed by atoms with Gasteiger partial charge in [-0.05, 0) is 43.1 Å². The Kier molecular flexibility index (Phi) is 4.35. The lowest BCUT2D eigenvalue weighted by Gasteiger charge is -2.10. The van der Waals surface area contributed by atoms with Crippen LogP contribution in [0.15, 0.2) is 22.7 Å². The van der Waals surface area contributed by atoms with Crippen LogP contribution in [0.5, 0.6) is 0 Å². The van der Waals surface area contributed by atoms with E-state index in [4.69, 9.17) is 0 Å². The van der Waals surface area contributed by atoms with Crippen LogP contribution in [0, 0.1) is 5.82 Å². The van der Waals surface area contributed by atoms with E-state index in [1.54, 1.807) is 6.07 Å². The van der Waals surface area contributed by atoms with E-state index in [1.807, 2.05) is 6.07 Å². The first-order chi connectivity index (χ1) is 6.25. The van der Waals surface area contributed by atoms with Crippen LogP contribution in [0.4, 0.5) is 4.39 Å². The second-order valence-corrected chi connectivity index (χ2v) is 4.27. The third-order valence-corrected chi connectivity index (χ3v) is 2.81. The molecule has 1 atom stereocenters. The number of hydrogen-bond acceptors (Lipinski definition) is 1. The fourth-order valence-electron chi connectivity index (χ4n) is 1.75. The maximum atomic E-state index is 13.0. The van der Waals surface area contributed by atoms with E-state index in [2.05, 4.69) is 21.2 Å². The smallest absolute Gasteiger partial charge is 0.124 e. The third-order valence-electron chi connectivity index (χ3n) is 2.35. The molecular formula is C10H12BrClFN. The summed E-state index contributed by atoms with van der Waals surface area (Å²) in [6, 6.07) is 5.41. The molecule has 0 aliphatic carbocycles. The topological polar surface area (TPSA) is 12.0 Å². The van der Waals surface area contributed by atoms with Gasteiger partial charge >= 0.3 is 0 Å². The molecule has 1 aliphatic heterocycles. The van der Waals surface area contributed by atoms with Crippen molar-refractivity contribution in [2.24, 2.45) is 0 Å². The van der Waals surface area contributed by atoms with Crippen molar-refractivity contribution >= 4 is 28.3 Å². The molecule has 1 heterocycles. The summed E-state index contributed by atoms with van der Waals surface area (Å²) in [5.74, 6) is -0.168. The second kappa shape index (κ2) is 5.10. The van der Waals surface area contributed by atoms with Crippen molar-refractivity contribution in [3.8, 4) is 0 Å². The van der Waals surface area contributed by atoms with Crippen LogP contribution in [-0.4, -0.2) is 6.54 Å². The van der Waals surface area contributed by atoms with Gasteiger partial charge in [0.05, 0.1) is 0 Å². The van der Waals surface area contributed by atoms with Crippen LogP contribution in [0.2, 0.25) is 0 Å². The van der Waals surface area contributed by atoms with Gasteiger partial charge in [-0.25, -0.2) is 4.39 Å². The zero-order chi connectivity index (χ0) is 9.26. The minimum Gasteiger partial charge on any atom is -0.310 e. The number of nitrogens with one attached hydrogen (secondary N) is 1. The van der Waals surface area contributed by atoms with Crippen LogP contribution in [0.3, 0.4) is 0 Å². The van der Waals surface area contributed by atoms with Gasteiger partial charge in [-0.1, -0.05) is 15.9 Å². The van der Waals surface area contributed by atoms with Gasteiger partial charge in [0.15, 0.2) is 0 Å². The second-order valence-electron chi connectivity index (χ2n) is 3.35.